The molecule has 3 aromatic heterocycles. The highest BCUT2D eigenvalue weighted by Gasteiger charge is 2.24. The van der Waals surface area contributed by atoms with Crippen LogP contribution in [0.4, 0.5) is 0 Å². The summed E-state index contributed by atoms with van der Waals surface area (Å²) in [6, 6.07) is 16.5. The van der Waals surface area contributed by atoms with Crippen LogP contribution < -0.4 is 0 Å². The van der Waals surface area contributed by atoms with E-state index in [2.05, 4.69) is 10.1 Å². The van der Waals surface area contributed by atoms with E-state index in [0.717, 1.165) is 26.7 Å². The molecular weight excluding hydrogens is 418 g/mol. The van der Waals surface area contributed by atoms with Crippen molar-refractivity contribution in [2.45, 2.75) is 24.3 Å². The fraction of sp³-hybridized carbons (Fsp3) is 0.182. The number of nitrogens with zero attached hydrogens (tertiary/aromatic N) is 3. The number of thiophene rings is 1. The number of hydrogen-bond donors (Lipinski definition) is 1. The summed E-state index contributed by atoms with van der Waals surface area (Å²) in [5, 5.41) is 15.1. The number of pyridine rings is 1. The van der Waals surface area contributed by atoms with E-state index in [-0.39, 0.29) is 0 Å². The topological polar surface area (TPSA) is 85.1 Å². The summed E-state index contributed by atoms with van der Waals surface area (Å²) in [6.07, 6.45) is 4.62. The summed E-state index contributed by atoms with van der Waals surface area (Å²) in [7, 11) is -3.28. The third-order valence-electron chi connectivity index (χ3n) is 4.63. The molecule has 3 heterocycles. The lowest BCUT2D eigenvalue weighted by Gasteiger charge is -2.12. The Morgan fingerprint density at radius 3 is 2.47 bits per heavy atom. The zero-order valence-electron chi connectivity index (χ0n) is 16.8. The molecule has 0 saturated heterocycles. The Morgan fingerprint density at radius 1 is 1.03 bits per heavy atom. The van der Waals surface area contributed by atoms with Gasteiger partial charge in [0.15, 0.2) is 9.84 Å². The Hall–Kier alpha value is -2.81. The van der Waals surface area contributed by atoms with E-state index in [9.17, 15) is 13.5 Å². The van der Waals surface area contributed by atoms with Crippen LogP contribution in [0.2, 0.25) is 0 Å². The lowest BCUT2D eigenvalue weighted by atomic mass is 10.1. The summed E-state index contributed by atoms with van der Waals surface area (Å²) in [5.41, 5.74) is 1.92. The maximum Gasteiger partial charge on any atom is 0.175 e. The van der Waals surface area contributed by atoms with Crippen molar-refractivity contribution in [1.82, 2.24) is 14.8 Å². The van der Waals surface area contributed by atoms with E-state index in [1.807, 2.05) is 36.4 Å². The zero-order chi connectivity index (χ0) is 21.5. The van der Waals surface area contributed by atoms with Crippen LogP contribution in [0, 0.1) is 0 Å². The van der Waals surface area contributed by atoms with Gasteiger partial charge in [-0.3, -0.25) is 4.98 Å². The van der Waals surface area contributed by atoms with Gasteiger partial charge in [-0.25, -0.2) is 13.1 Å². The first-order chi connectivity index (χ1) is 14.1. The predicted molar refractivity (Wildman–Crippen MR) is 118 cm³/mol. The Bertz CT molecular complexity index is 1300. The fourth-order valence-corrected chi connectivity index (χ4v) is 4.71. The molecule has 4 aromatic rings. The van der Waals surface area contributed by atoms with Gasteiger partial charge in [0.2, 0.25) is 0 Å². The standard InChI is InChI=1S/C22H21N3O3S2/c1-22(2,26)21-13-18(25(24-21)16-7-5-11-23-14-16)20-10-9-19(29-20)15-6-4-8-17(12-15)30(3,27)28/h4-14,26H,1-3H3. The Labute approximate surface area is 179 Å². The molecule has 4 rings (SSSR count). The minimum absolute atomic E-state index is 0.291. The van der Waals surface area contributed by atoms with Gasteiger partial charge in [0.1, 0.15) is 5.60 Å². The minimum Gasteiger partial charge on any atom is -0.384 e. The van der Waals surface area contributed by atoms with Gasteiger partial charge in [-0.2, -0.15) is 5.10 Å². The van der Waals surface area contributed by atoms with Crippen LogP contribution in [0.3, 0.4) is 0 Å². The molecular formula is C22H21N3O3S2. The maximum absolute atomic E-state index is 11.9. The van der Waals surface area contributed by atoms with Gasteiger partial charge < -0.3 is 5.11 Å². The Morgan fingerprint density at radius 2 is 1.80 bits per heavy atom. The first-order valence-electron chi connectivity index (χ1n) is 9.27. The minimum atomic E-state index is -3.28. The molecule has 0 atom stereocenters. The van der Waals surface area contributed by atoms with Crippen LogP contribution in [0.15, 0.2) is 71.9 Å². The number of rotatable bonds is 5. The second-order valence-electron chi connectivity index (χ2n) is 7.56. The molecule has 1 N–H and O–H groups in total. The van der Waals surface area contributed by atoms with Gasteiger partial charge in [0.25, 0.3) is 0 Å². The second-order valence-corrected chi connectivity index (χ2v) is 10.7. The lowest BCUT2D eigenvalue weighted by molar-refractivity contribution is 0.0734. The van der Waals surface area contributed by atoms with Crippen molar-refractivity contribution >= 4 is 21.2 Å². The fourth-order valence-electron chi connectivity index (χ4n) is 3.04. The maximum atomic E-state index is 11.9. The van der Waals surface area contributed by atoms with Crippen LogP contribution in [-0.2, 0) is 15.4 Å². The van der Waals surface area contributed by atoms with Crippen molar-refractivity contribution < 1.29 is 13.5 Å². The summed E-state index contributed by atoms with van der Waals surface area (Å²) in [4.78, 5) is 6.36. The quantitative estimate of drug-likeness (QED) is 0.501. The molecule has 1 aromatic carbocycles. The van der Waals surface area contributed by atoms with Crippen LogP contribution in [0.25, 0.3) is 26.7 Å². The molecule has 0 amide bonds. The van der Waals surface area contributed by atoms with Crippen molar-refractivity contribution in [3.8, 4) is 26.7 Å². The van der Waals surface area contributed by atoms with Crippen LogP contribution in [0.5, 0.6) is 0 Å². The molecule has 0 spiro atoms. The zero-order valence-corrected chi connectivity index (χ0v) is 18.4. The van der Waals surface area contributed by atoms with Gasteiger partial charge in [-0.1, -0.05) is 12.1 Å². The summed E-state index contributed by atoms with van der Waals surface area (Å²) < 4.78 is 25.6. The van der Waals surface area contributed by atoms with Gasteiger partial charge in [-0.15, -0.1) is 11.3 Å². The summed E-state index contributed by atoms with van der Waals surface area (Å²) >= 11 is 1.53. The van der Waals surface area contributed by atoms with Gasteiger partial charge in [-0.05, 0) is 61.9 Å². The van der Waals surface area contributed by atoms with Crippen molar-refractivity contribution in [2.75, 3.05) is 6.26 Å². The molecule has 0 aliphatic heterocycles. The van der Waals surface area contributed by atoms with E-state index in [1.54, 1.807) is 49.1 Å². The Kier molecular flexibility index (Phi) is 5.09. The third kappa shape index (κ3) is 4.07. The number of benzene rings is 1. The van der Waals surface area contributed by atoms with Crippen molar-refractivity contribution in [2.24, 2.45) is 0 Å². The van der Waals surface area contributed by atoms with Crippen molar-refractivity contribution in [3.05, 3.63) is 72.7 Å². The number of hydrogen-bond acceptors (Lipinski definition) is 6. The largest absolute Gasteiger partial charge is 0.384 e. The highest BCUT2D eigenvalue weighted by molar-refractivity contribution is 7.90. The van der Waals surface area contributed by atoms with Gasteiger partial charge >= 0.3 is 0 Å². The third-order valence-corrected chi connectivity index (χ3v) is 6.90. The number of aliphatic hydroxyl groups is 1. The molecule has 0 unspecified atom stereocenters. The number of aromatic nitrogens is 3. The van der Waals surface area contributed by atoms with Crippen LogP contribution in [0.1, 0.15) is 19.5 Å². The normalized spacial score (nSPS) is 12.3. The SMILES string of the molecule is CC(C)(O)c1cc(-c2ccc(-c3cccc(S(C)(=O)=O)c3)s2)n(-c2cccnc2)n1. The average Bonchev–Trinajstić information content (AvgIpc) is 3.35. The van der Waals surface area contributed by atoms with E-state index < -0.39 is 15.4 Å². The first kappa shape index (κ1) is 20.5. The average molecular weight is 440 g/mol. The highest BCUT2D eigenvalue weighted by Crippen LogP contribution is 2.37. The van der Waals surface area contributed by atoms with Gasteiger partial charge in [0.05, 0.1) is 33.0 Å². The summed E-state index contributed by atoms with van der Waals surface area (Å²) in [5.74, 6) is 0. The lowest BCUT2D eigenvalue weighted by Crippen LogP contribution is -2.16. The van der Waals surface area contributed by atoms with Crippen LogP contribution >= 0.6 is 11.3 Å². The monoisotopic (exact) mass is 439 g/mol. The molecule has 0 aliphatic carbocycles. The van der Waals surface area contributed by atoms with E-state index in [4.69, 9.17) is 0 Å². The van der Waals surface area contributed by atoms with E-state index >= 15 is 0 Å². The molecule has 6 nitrogen and oxygen atoms in total. The molecule has 154 valence electrons. The molecule has 30 heavy (non-hydrogen) atoms. The summed E-state index contributed by atoms with van der Waals surface area (Å²) in [6.45, 7) is 3.40. The van der Waals surface area contributed by atoms with Gasteiger partial charge in [0, 0.05) is 17.3 Å². The van der Waals surface area contributed by atoms with Crippen LogP contribution in [-0.4, -0.2) is 34.5 Å². The van der Waals surface area contributed by atoms with E-state index in [1.165, 1.54) is 17.6 Å². The predicted octanol–water partition coefficient (Wildman–Crippen LogP) is 4.29. The molecule has 0 aliphatic rings. The smallest absolute Gasteiger partial charge is 0.175 e. The first-order valence-corrected chi connectivity index (χ1v) is 12.0. The molecule has 0 radical (unpaired) electrons. The van der Waals surface area contributed by atoms with E-state index in [0.29, 0.717) is 10.6 Å². The molecule has 0 saturated carbocycles. The second kappa shape index (κ2) is 7.46. The molecule has 0 bridgehead atoms. The Balaban J connectivity index is 1.81. The highest BCUT2D eigenvalue weighted by atomic mass is 32.2. The molecule has 0 fully saturated rings. The van der Waals surface area contributed by atoms with Crippen molar-refractivity contribution in [1.29, 1.82) is 0 Å². The van der Waals surface area contributed by atoms with Crippen molar-refractivity contribution in [3.63, 3.8) is 0 Å². The molecule has 8 heteroatoms. The number of sulfone groups is 1.